The molecule has 0 aliphatic carbocycles. The number of nitro groups is 1. The van der Waals surface area contributed by atoms with Crippen molar-refractivity contribution in [3.8, 4) is 33.4 Å². The summed E-state index contributed by atoms with van der Waals surface area (Å²) in [6, 6.07) is 3.57. The van der Waals surface area contributed by atoms with Gasteiger partial charge in [-0.3, -0.25) is 10.1 Å². The summed E-state index contributed by atoms with van der Waals surface area (Å²) in [5, 5.41) is 12.4. The van der Waals surface area contributed by atoms with Crippen molar-refractivity contribution in [2.75, 3.05) is 0 Å². The molecule has 0 spiro atoms. The Morgan fingerprint density at radius 1 is 0.390 bits per heavy atom. The highest BCUT2D eigenvalue weighted by Crippen LogP contribution is 2.43. The smallest absolute Gasteiger partial charge is 0.295 e. The Labute approximate surface area is 314 Å². The normalized spacial score (nSPS) is 12.1. The second-order valence-electron chi connectivity index (χ2n) is 12.4. The fraction of sp³-hybridized carbons (Fsp3) is 0. The quantitative estimate of drug-likeness (QED) is 0.0540. The third-order valence-electron chi connectivity index (χ3n) is 9.24. The Kier molecular flexibility index (Phi) is 8.78. The van der Waals surface area contributed by atoms with Gasteiger partial charge in [-0.2, -0.15) is 0 Å². The molecule has 0 radical (unpaired) electrons. The van der Waals surface area contributed by atoms with Gasteiger partial charge in [0.25, 0.3) is 5.69 Å². The average Bonchev–Trinajstić information content (AvgIpc) is 4.05. The molecule has 3 N–H and O–H groups in total. The van der Waals surface area contributed by atoms with Crippen molar-refractivity contribution in [2.24, 2.45) is 0 Å². The Bertz CT molecular complexity index is 3140. The maximum Gasteiger partial charge on any atom is 0.295 e. The number of fused-ring (bicyclic) bond motifs is 9. The maximum atomic E-state index is 15.6. The second-order valence-corrected chi connectivity index (χ2v) is 12.4. The van der Waals surface area contributed by atoms with Gasteiger partial charge in [0.2, 0.25) is 17.5 Å². The van der Waals surface area contributed by atoms with Gasteiger partial charge in [0.05, 0.1) is 38.5 Å². The molecule has 4 aromatic heterocycles. The van der Waals surface area contributed by atoms with Crippen LogP contribution in [0.5, 0.6) is 0 Å². The SMILES string of the molecule is O=[N+]([O-])c1cc2[nH]c1c(-c1c(F)c(F)c(F)c(F)c1F)c1ccc([nH]1)c(-c1c(F)c(F)c(F)c(F)c1F)c1ccc([nH]1)c(-c1c(F)c(F)c(F)c(F)c1F)c1nc2C=C1. The van der Waals surface area contributed by atoms with Crippen LogP contribution in [0.15, 0.2) is 30.3 Å². The van der Waals surface area contributed by atoms with Crippen molar-refractivity contribution in [3.63, 3.8) is 0 Å². The minimum absolute atomic E-state index is 0.477. The standard InChI is InChI=1S/C37H10F15N5O2/c38-22-19(23(39)29(45)34(50)28(22)44)16-9-2-1-8(53-9)14-7-15(57(58)59)37(56-14)18(21-26(42)32(48)36(52)33(49)27(21)43)13-6-5-12(55-13)17(11-4-3-10(16)54-11)20-24(40)30(46)35(51)31(47)25(20)41/h1-7,54-56H. The summed E-state index contributed by atoms with van der Waals surface area (Å²) in [6.45, 7) is 0. The van der Waals surface area contributed by atoms with Crippen LogP contribution in [0.25, 0.3) is 78.6 Å². The molecule has 8 bridgehead atoms. The monoisotopic (exact) mass is 841 g/mol. The van der Waals surface area contributed by atoms with Crippen molar-refractivity contribution >= 4 is 50.9 Å². The lowest BCUT2D eigenvalue weighted by Crippen LogP contribution is -2.05. The number of H-pyrrole nitrogens is 3. The van der Waals surface area contributed by atoms with Crippen LogP contribution in [0.4, 0.5) is 71.5 Å². The van der Waals surface area contributed by atoms with Crippen LogP contribution in [-0.4, -0.2) is 24.9 Å². The maximum absolute atomic E-state index is 15.6. The van der Waals surface area contributed by atoms with E-state index in [0.29, 0.717) is 18.2 Å². The molecule has 7 aromatic rings. The van der Waals surface area contributed by atoms with Gasteiger partial charge in [-0.05, 0) is 36.4 Å². The summed E-state index contributed by atoms with van der Waals surface area (Å²) < 4.78 is 224. The number of nitrogens with zero attached hydrogens (tertiary/aromatic N) is 2. The van der Waals surface area contributed by atoms with Gasteiger partial charge in [0, 0.05) is 44.8 Å². The Hall–Kier alpha value is -7.26. The molecule has 0 saturated heterocycles. The average molecular weight is 841 g/mol. The van der Waals surface area contributed by atoms with Gasteiger partial charge < -0.3 is 15.0 Å². The highest BCUT2D eigenvalue weighted by atomic mass is 19.2. The number of halogens is 15. The van der Waals surface area contributed by atoms with E-state index in [1.807, 2.05) is 0 Å². The van der Waals surface area contributed by atoms with Crippen LogP contribution in [0.1, 0.15) is 11.4 Å². The lowest BCUT2D eigenvalue weighted by atomic mass is 10.0. The summed E-state index contributed by atoms with van der Waals surface area (Å²) >= 11 is 0. The number of aromatic nitrogens is 4. The number of benzene rings is 3. The van der Waals surface area contributed by atoms with Crippen LogP contribution in [0.2, 0.25) is 0 Å². The topological polar surface area (TPSA) is 103 Å². The molecule has 1 aliphatic rings. The predicted octanol–water partition coefficient (Wildman–Crippen LogP) is 11.7. The summed E-state index contributed by atoms with van der Waals surface area (Å²) in [7, 11) is 0. The lowest BCUT2D eigenvalue weighted by molar-refractivity contribution is -0.382. The zero-order valence-corrected chi connectivity index (χ0v) is 27.9. The Morgan fingerprint density at radius 2 is 0.712 bits per heavy atom. The molecule has 0 saturated carbocycles. The largest absolute Gasteiger partial charge is 0.354 e. The van der Waals surface area contributed by atoms with Crippen LogP contribution in [0.3, 0.4) is 0 Å². The summed E-state index contributed by atoms with van der Waals surface area (Å²) in [5.41, 5.74) is -15.9. The minimum atomic E-state index is -2.66. The highest BCUT2D eigenvalue weighted by molar-refractivity contribution is 6.03. The van der Waals surface area contributed by atoms with Crippen LogP contribution in [0, 0.1) is 97.4 Å². The Morgan fingerprint density at radius 3 is 1.12 bits per heavy atom. The number of hydrogen-bond donors (Lipinski definition) is 3. The van der Waals surface area contributed by atoms with Gasteiger partial charge >= 0.3 is 0 Å². The molecule has 0 atom stereocenters. The molecule has 3 aromatic carbocycles. The van der Waals surface area contributed by atoms with Gasteiger partial charge in [0.15, 0.2) is 69.8 Å². The first-order valence-corrected chi connectivity index (χ1v) is 15.9. The molecule has 0 amide bonds. The van der Waals surface area contributed by atoms with E-state index in [4.69, 9.17) is 0 Å². The van der Waals surface area contributed by atoms with E-state index in [0.717, 1.165) is 24.3 Å². The lowest BCUT2D eigenvalue weighted by Gasteiger charge is -2.11. The van der Waals surface area contributed by atoms with E-state index in [9.17, 15) is 49.6 Å². The number of aromatic amines is 3. The zero-order chi connectivity index (χ0) is 42.7. The third-order valence-corrected chi connectivity index (χ3v) is 9.24. The van der Waals surface area contributed by atoms with Gasteiger partial charge in [0.1, 0.15) is 5.52 Å². The van der Waals surface area contributed by atoms with E-state index in [2.05, 4.69) is 19.9 Å². The molecule has 300 valence electrons. The molecular formula is C37H10F15N5O2. The van der Waals surface area contributed by atoms with Gasteiger partial charge in [-0.1, -0.05) is 0 Å². The van der Waals surface area contributed by atoms with Crippen molar-refractivity contribution in [1.82, 2.24) is 19.9 Å². The van der Waals surface area contributed by atoms with E-state index in [1.54, 1.807) is 0 Å². The van der Waals surface area contributed by atoms with Crippen molar-refractivity contribution < 1.29 is 70.8 Å². The number of hydrogen-bond acceptors (Lipinski definition) is 3. The molecule has 59 heavy (non-hydrogen) atoms. The van der Waals surface area contributed by atoms with Crippen LogP contribution < -0.4 is 0 Å². The highest BCUT2D eigenvalue weighted by Gasteiger charge is 2.34. The zero-order valence-electron chi connectivity index (χ0n) is 27.9. The first-order valence-electron chi connectivity index (χ1n) is 15.9. The molecular weight excluding hydrogens is 831 g/mol. The molecule has 22 heteroatoms. The molecule has 0 unspecified atom stereocenters. The van der Waals surface area contributed by atoms with E-state index in [-0.39, 0.29) is 0 Å². The first-order chi connectivity index (χ1) is 27.8. The number of nitrogens with one attached hydrogen (secondary N) is 3. The molecule has 7 nitrogen and oxygen atoms in total. The van der Waals surface area contributed by atoms with Crippen molar-refractivity contribution in [1.29, 1.82) is 0 Å². The minimum Gasteiger partial charge on any atom is -0.354 e. The fourth-order valence-electron chi connectivity index (χ4n) is 6.62. The summed E-state index contributed by atoms with van der Waals surface area (Å²) in [6.07, 6.45) is 1.80. The molecule has 8 rings (SSSR count). The van der Waals surface area contributed by atoms with Crippen molar-refractivity contribution in [3.05, 3.63) is 139 Å². The van der Waals surface area contributed by atoms with Crippen LogP contribution in [-0.2, 0) is 0 Å². The van der Waals surface area contributed by atoms with E-state index >= 15 is 26.3 Å². The summed E-state index contributed by atoms with van der Waals surface area (Å²) in [4.78, 5) is 22.2. The first kappa shape index (κ1) is 38.6. The summed E-state index contributed by atoms with van der Waals surface area (Å²) in [5.74, 6) is -38.1. The fourth-order valence-corrected chi connectivity index (χ4v) is 6.62. The van der Waals surface area contributed by atoms with E-state index < -0.39 is 176 Å². The molecule has 1 aliphatic heterocycles. The molecule has 5 heterocycles. The Balaban J connectivity index is 1.70. The number of rotatable bonds is 4. The van der Waals surface area contributed by atoms with Crippen LogP contribution >= 0.6 is 0 Å². The van der Waals surface area contributed by atoms with Gasteiger partial charge in [-0.15, -0.1) is 0 Å². The van der Waals surface area contributed by atoms with Gasteiger partial charge in [-0.25, -0.2) is 70.8 Å². The van der Waals surface area contributed by atoms with Crippen molar-refractivity contribution in [2.45, 2.75) is 0 Å². The second kappa shape index (κ2) is 13.4. The van der Waals surface area contributed by atoms with E-state index in [1.165, 1.54) is 0 Å². The predicted molar refractivity (Wildman–Crippen MR) is 178 cm³/mol. The molecule has 0 fully saturated rings. The third kappa shape index (κ3) is 5.52.